The third kappa shape index (κ3) is 3.11. The highest BCUT2D eigenvalue weighted by Crippen LogP contribution is 2.22. The van der Waals surface area contributed by atoms with Crippen molar-refractivity contribution in [3.63, 3.8) is 0 Å². The molecule has 0 bridgehead atoms. The van der Waals surface area contributed by atoms with Gasteiger partial charge in [0.05, 0.1) is 17.3 Å². The Morgan fingerprint density at radius 2 is 1.67 bits per heavy atom. The van der Waals surface area contributed by atoms with Crippen LogP contribution in [0.5, 0.6) is 0 Å². The molecule has 1 aromatic heterocycles. The summed E-state index contributed by atoms with van der Waals surface area (Å²) in [5, 5.41) is 4.79. The first kappa shape index (κ1) is 13.8. The summed E-state index contributed by atoms with van der Waals surface area (Å²) in [6.45, 7) is 3.16. The van der Waals surface area contributed by atoms with E-state index in [2.05, 4.69) is 60.8 Å². The number of para-hydroxylation sites is 1. The van der Waals surface area contributed by atoms with Gasteiger partial charge in [0.2, 0.25) is 0 Å². The van der Waals surface area contributed by atoms with Crippen LogP contribution in [-0.4, -0.2) is 11.5 Å². The zero-order valence-electron chi connectivity index (χ0n) is 12.3. The molecule has 1 unspecified atom stereocenters. The van der Waals surface area contributed by atoms with Gasteiger partial charge >= 0.3 is 0 Å². The van der Waals surface area contributed by atoms with Crippen LogP contribution >= 0.6 is 0 Å². The lowest BCUT2D eigenvalue weighted by molar-refractivity contribution is 0.588. The van der Waals surface area contributed by atoms with Crippen molar-refractivity contribution in [1.82, 2.24) is 10.3 Å². The molecule has 3 rings (SSSR count). The van der Waals surface area contributed by atoms with E-state index in [4.69, 9.17) is 4.98 Å². The fraction of sp³-hybridized carbons (Fsp3) is 0.211. The van der Waals surface area contributed by atoms with Crippen molar-refractivity contribution < 1.29 is 0 Å². The van der Waals surface area contributed by atoms with E-state index in [9.17, 15) is 0 Å². The Morgan fingerprint density at radius 1 is 0.905 bits per heavy atom. The summed E-state index contributed by atoms with van der Waals surface area (Å²) in [4.78, 5) is 4.84. The van der Waals surface area contributed by atoms with Gasteiger partial charge in [0.1, 0.15) is 0 Å². The minimum atomic E-state index is 0.149. The van der Waals surface area contributed by atoms with E-state index in [1.54, 1.807) is 0 Å². The van der Waals surface area contributed by atoms with Gasteiger partial charge in [-0.15, -0.1) is 0 Å². The van der Waals surface area contributed by atoms with Crippen LogP contribution in [0.2, 0.25) is 0 Å². The smallest absolute Gasteiger partial charge is 0.0751 e. The number of nitrogens with one attached hydrogen (secondary N) is 1. The molecular formula is C19H20N2. The molecule has 1 heterocycles. The van der Waals surface area contributed by atoms with Crippen molar-refractivity contribution in [1.29, 1.82) is 0 Å². The number of hydrogen-bond acceptors (Lipinski definition) is 2. The second-order valence-electron chi connectivity index (χ2n) is 5.23. The van der Waals surface area contributed by atoms with E-state index in [1.165, 1.54) is 10.9 Å². The van der Waals surface area contributed by atoms with Crippen LogP contribution in [0.15, 0.2) is 66.7 Å². The van der Waals surface area contributed by atoms with Crippen molar-refractivity contribution in [2.45, 2.75) is 19.4 Å². The Kier molecular flexibility index (Phi) is 4.27. The Morgan fingerprint density at radius 3 is 2.48 bits per heavy atom. The molecule has 0 radical (unpaired) electrons. The van der Waals surface area contributed by atoms with Gasteiger partial charge in [0.15, 0.2) is 0 Å². The summed E-state index contributed by atoms with van der Waals surface area (Å²) in [5.74, 6) is 0. The highest BCUT2D eigenvalue weighted by atomic mass is 14.9. The molecule has 1 atom stereocenters. The first-order valence-electron chi connectivity index (χ1n) is 7.52. The lowest BCUT2D eigenvalue weighted by atomic mass is 10.0. The molecule has 0 aliphatic carbocycles. The van der Waals surface area contributed by atoms with Gasteiger partial charge in [-0.2, -0.15) is 0 Å². The molecular weight excluding hydrogens is 256 g/mol. The van der Waals surface area contributed by atoms with E-state index < -0.39 is 0 Å². The maximum Gasteiger partial charge on any atom is 0.0751 e. The van der Waals surface area contributed by atoms with E-state index in [0.717, 1.165) is 24.2 Å². The summed E-state index contributed by atoms with van der Waals surface area (Å²) in [6, 6.07) is 23.2. The molecule has 1 N–H and O–H groups in total. The lowest BCUT2D eigenvalue weighted by Gasteiger charge is -2.19. The number of fused-ring (bicyclic) bond motifs is 1. The van der Waals surface area contributed by atoms with Crippen LogP contribution in [0.4, 0.5) is 0 Å². The summed E-state index contributed by atoms with van der Waals surface area (Å²) < 4.78 is 0. The van der Waals surface area contributed by atoms with E-state index in [1.807, 2.05) is 18.2 Å². The number of pyridine rings is 1. The molecule has 0 saturated heterocycles. The third-order valence-corrected chi connectivity index (χ3v) is 3.65. The van der Waals surface area contributed by atoms with Crippen LogP contribution in [-0.2, 0) is 0 Å². The standard InChI is InChI=1S/C19H20N2/c1-2-14-20-19(16-9-4-3-5-10-16)18-13-12-15-8-6-7-11-17(15)21-18/h3-13,19-20H,2,14H2,1H3. The second kappa shape index (κ2) is 6.51. The average Bonchev–Trinajstić information content (AvgIpc) is 2.56. The molecule has 106 valence electrons. The SMILES string of the molecule is CCCNC(c1ccccc1)c1ccc2ccccc2n1. The van der Waals surface area contributed by atoms with E-state index in [0.29, 0.717) is 0 Å². The van der Waals surface area contributed by atoms with Crippen molar-refractivity contribution in [3.8, 4) is 0 Å². The van der Waals surface area contributed by atoms with Gasteiger partial charge in [-0.3, -0.25) is 4.98 Å². The number of hydrogen-bond donors (Lipinski definition) is 1. The van der Waals surface area contributed by atoms with E-state index in [-0.39, 0.29) is 6.04 Å². The lowest BCUT2D eigenvalue weighted by Crippen LogP contribution is -2.24. The molecule has 2 aromatic carbocycles. The van der Waals surface area contributed by atoms with Gasteiger partial charge in [-0.05, 0) is 30.7 Å². The minimum Gasteiger partial charge on any atom is -0.305 e. The van der Waals surface area contributed by atoms with Crippen LogP contribution < -0.4 is 5.32 Å². The summed E-state index contributed by atoms with van der Waals surface area (Å²) in [6.07, 6.45) is 1.11. The van der Waals surface area contributed by atoms with Crippen molar-refractivity contribution in [2.75, 3.05) is 6.54 Å². The molecule has 21 heavy (non-hydrogen) atoms. The molecule has 2 nitrogen and oxygen atoms in total. The van der Waals surface area contributed by atoms with Crippen molar-refractivity contribution in [3.05, 3.63) is 78.0 Å². The first-order chi connectivity index (χ1) is 10.4. The number of nitrogens with zero attached hydrogens (tertiary/aromatic N) is 1. The molecule has 0 saturated carbocycles. The van der Waals surface area contributed by atoms with Crippen LogP contribution in [0.25, 0.3) is 10.9 Å². The normalized spacial score (nSPS) is 12.4. The van der Waals surface area contributed by atoms with Gasteiger partial charge in [-0.25, -0.2) is 0 Å². The topological polar surface area (TPSA) is 24.9 Å². The molecule has 3 aromatic rings. The molecule has 2 heteroatoms. The Hall–Kier alpha value is -2.19. The maximum atomic E-state index is 4.84. The average molecular weight is 276 g/mol. The van der Waals surface area contributed by atoms with Crippen molar-refractivity contribution in [2.24, 2.45) is 0 Å². The Bertz CT molecular complexity index is 707. The fourth-order valence-corrected chi connectivity index (χ4v) is 2.57. The second-order valence-corrected chi connectivity index (χ2v) is 5.23. The van der Waals surface area contributed by atoms with Gasteiger partial charge < -0.3 is 5.32 Å². The quantitative estimate of drug-likeness (QED) is 0.750. The molecule has 0 aliphatic rings. The molecule has 0 fully saturated rings. The predicted octanol–water partition coefficient (Wildman–Crippen LogP) is 4.32. The van der Waals surface area contributed by atoms with Crippen molar-refractivity contribution >= 4 is 10.9 Å². The fourth-order valence-electron chi connectivity index (χ4n) is 2.57. The van der Waals surface area contributed by atoms with E-state index >= 15 is 0 Å². The van der Waals surface area contributed by atoms with Gasteiger partial charge in [-0.1, -0.05) is 61.5 Å². The largest absolute Gasteiger partial charge is 0.305 e. The van der Waals surface area contributed by atoms with Crippen LogP contribution in [0.1, 0.15) is 30.6 Å². The summed E-state index contributed by atoms with van der Waals surface area (Å²) in [7, 11) is 0. The summed E-state index contributed by atoms with van der Waals surface area (Å²) in [5.41, 5.74) is 3.39. The zero-order valence-corrected chi connectivity index (χ0v) is 12.3. The summed E-state index contributed by atoms with van der Waals surface area (Å²) >= 11 is 0. The Labute approximate surface area is 125 Å². The number of rotatable bonds is 5. The molecule has 0 aliphatic heterocycles. The molecule has 0 spiro atoms. The Balaban J connectivity index is 2.01. The van der Waals surface area contributed by atoms with Crippen LogP contribution in [0, 0.1) is 0 Å². The van der Waals surface area contributed by atoms with Crippen LogP contribution in [0.3, 0.4) is 0 Å². The third-order valence-electron chi connectivity index (χ3n) is 3.65. The number of aromatic nitrogens is 1. The van der Waals surface area contributed by atoms with Gasteiger partial charge in [0.25, 0.3) is 0 Å². The minimum absolute atomic E-state index is 0.149. The highest BCUT2D eigenvalue weighted by Gasteiger charge is 2.14. The first-order valence-corrected chi connectivity index (χ1v) is 7.52. The zero-order chi connectivity index (χ0) is 14.5. The molecule has 0 amide bonds. The monoisotopic (exact) mass is 276 g/mol. The highest BCUT2D eigenvalue weighted by molar-refractivity contribution is 5.78. The number of benzene rings is 2. The maximum absolute atomic E-state index is 4.84. The van der Waals surface area contributed by atoms with Gasteiger partial charge in [0, 0.05) is 5.39 Å². The predicted molar refractivity (Wildman–Crippen MR) is 88.3 cm³/mol.